The molecule has 0 rings (SSSR count). The normalized spacial score (nSPS) is 13.0. The topological polar surface area (TPSA) is 35.9 Å². The molecule has 0 heterocycles. The van der Waals surface area contributed by atoms with Crippen molar-refractivity contribution >= 4 is 22.1 Å². The van der Waals surface area contributed by atoms with Crippen LogP contribution in [0.15, 0.2) is 10.7 Å². The van der Waals surface area contributed by atoms with E-state index >= 15 is 0 Å². The van der Waals surface area contributed by atoms with E-state index in [0.29, 0.717) is 0 Å². The van der Waals surface area contributed by atoms with Gasteiger partial charge in [-0.05, 0) is 36.7 Å². The number of nitrogens with one attached hydrogen (secondary N) is 2. The highest BCUT2D eigenvalue weighted by atomic mass is 79.9. The van der Waals surface area contributed by atoms with Crippen molar-refractivity contribution in [1.29, 1.82) is 5.41 Å². The van der Waals surface area contributed by atoms with E-state index in [2.05, 4.69) is 42.0 Å². The smallest absolute Gasteiger partial charge is 0.0507 e. The monoisotopic (exact) mass is 204 g/mol. The van der Waals surface area contributed by atoms with Crippen LogP contribution in [-0.2, 0) is 0 Å². The van der Waals surface area contributed by atoms with Gasteiger partial charge in [0.1, 0.15) is 0 Å². The van der Waals surface area contributed by atoms with Crippen molar-refractivity contribution < 1.29 is 0 Å². The molecule has 0 unspecified atom stereocenters. The first-order chi connectivity index (χ1) is 4.45. The van der Waals surface area contributed by atoms with Gasteiger partial charge >= 0.3 is 0 Å². The van der Waals surface area contributed by atoms with E-state index in [1.54, 1.807) is 6.20 Å². The molecule has 0 atom stereocenters. The van der Waals surface area contributed by atoms with Gasteiger partial charge in [-0.15, -0.1) is 0 Å². The van der Waals surface area contributed by atoms with Gasteiger partial charge < -0.3 is 10.7 Å². The van der Waals surface area contributed by atoms with Crippen LogP contribution < -0.4 is 5.32 Å². The van der Waals surface area contributed by atoms with Gasteiger partial charge in [0, 0.05) is 18.0 Å². The van der Waals surface area contributed by atoms with Crippen LogP contribution in [0.3, 0.4) is 0 Å². The summed E-state index contributed by atoms with van der Waals surface area (Å²) in [7, 11) is 0. The second-order valence-corrected chi connectivity index (χ2v) is 3.98. The van der Waals surface area contributed by atoms with Crippen LogP contribution in [0.25, 0.3) is 0 Å². The summed E-state index contributed by atoms with van der Waals surface area (Å²) in [5.74, 6) is 0. The molecule has 0 saturated carbocycles. The maximum atomic E-state index is 6.84. The quantitative estimate of drug-likeness (QED) is 0.666. The fourth-order valence-corrected chi connectivity index (χ4v) is 0.442. The van der Waals surface area contributed by atoms with E-state index in [9.17, 15) is 0 Å². The largest absolute Gasteiger partial charge is 0.385 e. The summed E-state index contributed by atoms with van der Waals surface area (Å²) in [5.41, 5.74) is 0.0715. The summed E-state index contributed by atoms with van der Waals surface area (Å²) in [4.78, 5) is 0. The summed E-state index contributed by atoms with van der Waals surface area (Å²) in [5, 5.41) is 9.95. The lowest BCUT2D eigenvalue weighted by molar-refractivity contribution is 0.491. The molecule has 2 N–H and O–H groups in total. The van der Waals surface area contributed by atoms with E-state index in [0.717, 1.165) is 4.48 Å². The molecule has 2 nitrogen and oxygen atoms in total. The van der Waals surface area contributed by atoms with Crippen molar-refractivity contribution in [3.63, 3.8) is 0 Å². The maximum absolute atomic E-state index is 6.84. The Morgan fingerprint density at radius 3 is 2.30 bits per heavy atom. The molecule has 0 aliphatic carbocycles. The van der Waals surface area contributed by atoms with Crippen molar-refractivity contribution in [2.45, 2.75) is 26.3 Å². The van der Waals surface area contributed by atoms with Gasteiger partial charge in [-0.25, -0.2) is 0 Å². The highest BCUT2D eigenvalue weighted by Gasteiger charge is 2.04. The molecular weight excluding hydrogens is 192 g/mol. The van der Waals surface area contributed by atoms with Gasteiger partial charge in [0.15, 0.2) is 0 Å². The summed E-state index contributed by atoms with van der Waals surface area (Å²) in [6.45, 7) is 6.19. The highest BCUT2D eigenvalue weighted by Crippen LogP contribution is 2.02. The Hall–Kier alpha value is -0.310. The van der Waals surface area contributed by atoms with Crippen molar-refractivity contribution in [2.24, 2.45) is 0 Å². The van der Waals surface area contributed by atoms with Crippen LogP contribution in [0, 0.1) is 5.41 Å². The molecule has 0 aromatic carbocycles. The average molecular weight is 205 g/mol. The van der Waals surface area contributed by atoms with Gasteiger partial charge in [-0.2, -0.15) is 0 Å². The Kier molecular flexibility index (Phi) is 3.64. The fourth-order valence-electron chi connectivity index (χ4n) is 0.327. The summed E-state index contributed by atoms with van der Waals surface area (Å²) in [6.07, 6.45) is 3.02. The van der Waals surface area contributed by atoms with Crippen molar-refractivity contribution in [3.8, 4) is 0 Å². The van der Waals surface area contributed by atoms with Gasteiger partial charge in [0.2, 0.25) is 0 Å². The molecule has 10 heavy (non-hydrogen) atoms. The Balaban J connectivity index is 3.84. The molecule has 58 valence electrons. The van der Waals surface area contributed by atoms with Gasteiger partial charge in [-0.3, -0.25) is 0 Å². The van der Waals surface area contributed by atoms with E-state index < -0.39 is 0 Å². The molecule has 0 radical (unpaired) electrons. The third kappa shape index (κ3) is 5.82. The molecule has 0 aliphatic heterocycles. The second-order valence-electron chi connectivity index (χ2n) is 3.07. The van der Waals surface area contributed by atoms with Crippen LogP contribution >= 0.6 is 15.9 Å². The molecule has 0 bridgehead atoms. The summed E-state index contributed by atoms with van der Waals surface area (Å²) in [6, 6.07) is 0. The van der Waals surface area contributed by atoms with Crippen LogP contribution in [0.2, 0.25) is 0 Å². The van der Waals surface area contributed by atoms with Gasteiger partial charge in [0.05, 0.1) is 4.48 Å². The van der Waals surface area contributed by atoms with Crippen molar-refractivity contribution in [1.82, 2.24) is 5.32 Å². The Bertz CT molecular complexity index is 144. The number of hydrogen-bond donors (Lipinski definition) is 2. The predicted octanol–water partition coefficient (Wildman–Crippen LogP) is 2.26. The number of allylic oxidation sites excluding steroid dienone is 1. The first kappa shape index (κ1) is 9.69. The first-order valence-electron chi connectivity index (χ1n) is 3.09. The number of rotatable bonds is 2. The standard InChI is InChI=1S/C7H13BrN2/c1-7(2,3)10-5-6(8)4-9/h4-5,9-10H,1-3H3/b6-5+,9-4?. The lowest BCUT2D eigenvalue weighted by atomic mass is 10.1. The Labute approximate surface area is 70.3 Å². The van der Waals surface area contributed by atoms with Crippen molar-refractivity contribution in [2.75, 3.05) is 0 Å². The molecule has 0 amide bonds. The number of halogens is 1. The minimum atomic E-state index is 0.0715. The SMILES string of the molecule is CC(C)(C)N/C=C(/Br)C=N. The van der Waals surface area contributed by atoms with Gasteiger partial charge in [-0.1, -0.05) is 0 Å². The molecule has 0 aromatic heterocycles. The third-order valence-corrected chi connectivity index (χ3v) is 1.24. The Morgan fingerprint density at radius 1 is 1.50 bits per heavy atom. The second kappa shape index (κ2) is 3.76. The van der Waals surface area contributed by atoms with Crippen LogP contribution in [0.4, 0.5) is 0 Å². The molecule has 0 spiro atoms. The molecule has 3 heteroatoms. The van der Waals surface area contributed by atoms with Crippen LogP contribution in [-0.4, -0.2) is 11.8 Å². The highest BCUT2D eigenvalue weighted by molar-refractivity contribution is 9.12. The van der Waals surface area contributed by atoms with E-state index in [4.69, 9.17) is 5.41 Å². The zero-order chi connectivity index (χ0) is 8.20. The number of hydrogen-bond acceptors (Lipinski definition) is 2. The fraction of sp³-hybridized carbons (Fsp3) is 0.571. The molecule has 0 aliphatic rings. The first-order valence-corrected chi connectivity index (χ1v) is 3.89. The molecular formula is C7H13BrN2. The van der Waals surface area contributed by atoms with E-state index in [-0.39, 0.29) is 5.54 Å². The molecule has 0 saturated heterocycles. The Morgan fingerprint density at radius 2 is 2.00 bits per heavy atom. The molecule has 0 aromatic rings. The zero-order valence-electron chi connectivity index (χ0n) is 6.53. The van der Waals surface area contributed by atoms with E-state index in [1.807, 2.05) is 0 Å². The minimum Gasteiger partial charge on any atom is -0.385 e. The van der Waals surface area contributed by atoms with Crippen molar-refractivity contribution in [3.05, 3.63) is 10.7 Å². The predicted molar refractivity (Wildman–Crippen MR) is 48.7 cm³/mol. The zero-order valence-corrected chi connectivity index (χ0v) is 8.12. The van der Waals surface area contributed by atoms with Crippen LogP contribution in [0.1, 0.15) is 20.8 Å². The lowest BCUT2D eigenvalue weighted by Gasteiger charge is -2.18. The maximum Gasteiger partial charge on any atom is 0.0507 e. The van der Waals surface area contributed by atoms with Gasteiger partial charge in [0.25, 0.3) is 0 Å². The van der Waals surface area contributed by atoms with Crippen LogP contribution in [0.5, 0.6) is 0 Å². The van der Waals surface area contributed by atoms with E-state index in [1.165, 1.54) is 6.21 Å². The minimum absolute atomic E-state index is 0.0715. The third-order valence-electron chi connectivity index (χ3n) is 0.781. The average Bonchev–Trinajstić information content (AvgIpc) is 1.81. The molecule has 0 fully saturated rings. The lowest BCUT2D eigenvalue weighted by Crippen LogP contribution is -2.31. The summed E-state index contributed by atoms with van der Waals surface area (Å²) >= 11 is 3.18. The summed E-state index contributed by atoms with van der Waals surface area (Å²) < 4.78 is 0.752.